The quantitative estimate of drug-likeness (QED) is 0.219. The smallest absolute Gasteiger partial charge is 0.208 e. The van der Waals surface area contributed by atoms with E-state index in [4.69, 9.17) is 10.6 Å². The van der Waals surface area contributed by atoms with Gasteiger partial charge in [0.05, 0.1) is 6.61 Å². The lowest BCUT2D eigenvalue weighted by Crippen LogP contribution is -2.44. The van der Waals surface area contributed by atoms with E-state index >= 15 is 0 Å². The van der Waals surface area contributed by atoms with Crippen LogP contribution in [-0.2, 0) is 4.74 Å². The molecular weight excluding hydrogens is 216 g/mol. The zero-order valence-electron chi connectivity index (χ0n) is 11.1. The summed E-state index contributed by atoms with van der Waals surface area (Å²) in [6.45, 7) is 5.44. The topological polar surface area (TPSA) is 62.9 Å². The van der Waals surface area contributed by atoms with Gasteiger partial charge in [-0.25, -0.2) is 5.84 Å². The van der Waals surface area contributed by atoms with Crippen LogP contribution in [0.1, 0.15) is 32.6 Å². The Morgan fingerprint density at radius 3 is 2.88 bits per heavy atom. The molecule has 3 N–H and O–H groups in total. The molecule has 0 saturated heterocycles. The standard InChI is InChI=1S/C12H26N4O/c1-3-4-7-14-12(15-13)16(2)8-9-17-10-11-5-6-11/h11H,3-10,13H2,1-2H3,(H,14,15). The SMILES string of the molecule is CCCCN=C(NN)N(C)CCOCC1CC1. The van der Waals surface area contributed by atoms with Crippen molar-refractivity contribution in [1.29, 1.82) is 0 Å². The number of ether oxygens (including phenoxy) is 1. The first-order chi connectivity index (χ1) is 8.27. The average molecular weight is 242 g/mol. The molecule has 5 heteroatoms. The van der Waals surface area contributed by atoms with Crippen LogP contribution in [0.2, 0.25) is 0 Å². The largest absolute Gasteiger partial charge is 0.379 e. The van der Waals surface area contributed by atoms with Crippen molar-refractivity contribution in [2.75, 3.05) is 33.4 Å². The van der Waals surface area contributed by atoms with Crippen LogP contribution in [0.25, 0.3) is 0 Å². The molecule has 100 valence electrons. The van der Waals surface area contributed by atoms with Crippen molar-refractivity contribution in [2.24, 2.45) is 16.8 Å². The minimum atomic E-state index is 0.738. The second-order valence-corrected chi connectivity index (χ2v) is 4.64. The Labute approximate surface area is 104 Å². The highest BCUT2D eigenvalue weighted by Crippen LogP contribution is 2.28. The molecule has 1 aliphatic carbocycles. The summed E-state index contributed by atoms with van der Waals surface area (Å²) in [6.07, 6.45) is 4.92. The van der Waals surface area contributed by atoms with E-state index in [0.29, 0.717) is 0 Å². The summed E-state index contributed by atoms with van der Waals surface area (Å²) in [5.74, 6) is 7.02. The summed E-state index contributed by atoms with van der Waals surface area (Å²) in [4.78, 5) is 6.41. The number of hydrazine groups is 1. The van der Waals surface area contributed by atoms with Crippen molar-refractivity contribution in [1.82, 2.24) is 10.3 Å². The van der Waals surface area contributed by atoms with Gasteiger partial charge in [0.1, 0.15) is 0 Å². The first-order valence-electron chi connectivity index (χ1n) is 6.57. The summed E-state index contributed by atoms with van der Waals surface area (Å²) < 4.78 is 5.58. The number of hydrogen-bond donors (Lipinski definition) is 2. The Kier molecular flexibility index (Phi) is 6.96. The number of nitrogens with zero attached hydrogens (tertiary/aromatic N) is 2. The van der Waals surface area contributed by atoms with E-state index in [2.05, 4.69) is 17.3 Å². The molecule has 0 aromatic rings. The summed E-state index contributed by atoms with van der Waals surface area (Å²) in [6, 6.07) is 0. The van der Waals surface area contributed by atoms with E-state index in [1.807, 2.05) is 11.9 Å². The fourth-order valence-electron chi connectivity index (χ4n) is 1.46. The molecule has 5 nitrogen and oxygen atoms in total. The highest BCUT2D eigenvalue weighted by atomic mass is 16.5. The lowest BCUT2D eigenvalue weighted by molar-refractivity contribution is 0.115. The van der Waals surface area contributed by atoms with Gasteiger partial charge >= 0.3 is 0 Å². The second kappa shape index (κ2) is 8.31. The average Bonchev–Trinajstić information content (AvgIpc) is 3.14. The number of aliphatic imine (C=N–C) groups is 1. The van der Waals surface area contributed by atoms with Crippen LogP contribution in [-0.4, -0.2) is 44.2 Å². The van der Waals surface area contributed by atoms with E-state index < -0.39 is 0 Å². The molecule has 0 unspecified atom stereocenters. The molecule has 0 atom stereocenters. The highest BCUT2D eigenvalue weighted by Gasteiger charge is 2.21. The summed E-state index contributed by atoms with van der Waals surface area (Å²) in [5, 5.41) is 0. The van der Waals surface area contributed by atoms with Crippen molar-refractivity contribution in [3.8, 4) is 0 Å². The minimum absolute atomic E-state index is 0.738. The monoisotopic (exact) mass is 242 g/mol. The third-order valence-electron chi connectivity index (χ3n) is 2.89. The maximum Gasteiger partial charge on any atom is 0.208 e. The number of likely N-dealkylation sites (N-methyl/N-ethyl adjacent to an activating group) is 1. The normalized spacial score (nSPS) is 16.1. The van der Waals surface area contributed by atoms with Gasteiger partial charge < -0.3 is 9.64 Å². The molecule has 1 fully saturated rings. The van der Waals surface area contributed by atoms with Gasteiger partial charge in [-0.3, -0.25) is 10.4 Å². The number of nitrogens with one attached hydrogen (secondary N) is 1. The third kappa shape index (κ3) is 6.48. The van der Waals surface area contributed by atoms with Gasteiger partial charge in [0.15, 0.2) is 0 Å². The molecule has 0 aliphatic heterocycles. The van der Waals surface area contributed by atoms with Crippen molar-refractivity contribution in [3.05, 3.63) is 0 Å². The molecule has 17 heavy (non-hydrogen) atoms. The van der Waals surface area contributed by atoms with Gasteiger partial charge in [0.25, 0.3) is 0 Å². The van der Waals surface area contributed by atoms with Crippen LogP contribution < -0.4 is 11.3 Å². The van der Waals surface area contributed by atoms with Crippen LogP contribution in [0.4, 0.5) is 0 Å². The second-order valence-electron chi connectivity index (χ2n) is 4.64. The molecule has 0 radical (unpaired) electrons. The Hall–Kier alpha value is -0.810. The molecule has 1 aliphatic rings. The van der Waals surface area contributed by atoms with Crippen molar-refractivity contribution in [2.45, 2.75) is 32.6 Å². The predicted molar refractivity (Wildman–Crippen MR) is 70.7 cm³/mol. The van der Waals surface area contributed by atoms with Crippen LogP contribution >= 0.6 is 0 Å². The van der Waals surface area contributed by atoms with Crippen molar-refractivity contribution < 1.29 is 4.74 Å². The summed E-state index contributed by atoms with van der Waals surface area (Å²) in [7, 11) is 1.98. The molecule has 1 rings (SSSR count). The fraction of sp³-hybridized carbons (Fsp3) is 0.917. The lowest BCUT2D eigenvalue weighted by Gasteiger charge is -2.20. The Morgan fingerprint density at radius 2 is 2.29 bits per heavy atom. The Balaban J connectivity index is 2.12. The van der Waals surface area contributed by atoms with Gasteiger partial charge in [-0.1, -0.05) is 13.3 Å². The van der Waals surface area contributed by atoms with Gasteiger partial charge in [-0.05, 0) is 25.2 Å². The molecule has 0 heterocycles. The number of guanidine groups is 1. The molecule has 0 aromatic carbocycles. The first-order valence-corrected chi connectivity index (χ1v) is 6.57. The first kappa shape index (κ1) is 14.3. The Morgan fingerprint density at radius 1 is 1.53 bits per heavy atom. The van der Waals surface area contributed by atoms with Gasteiger partial charge in [-0.2, -0.15) is 0 Å². The Bertz CT molecular complexity index is 229. The van der Waals surface area contributed by atoms with Crippen molar-refractivity contribution >= 4 is 5.96 Å². The van der Waals surface area contributed by atoms with Crippen LogP contribution in [0.5, 0.6) is 0 Å². The predicted octanol–water partition coefficient (Wildman–Crippen LogP) is 0.964. The van der Waals surface area contributed by atoms with Gasteiger partial charge in [0, 0.05) is 26.7 Å². The molecule has 1 saturated carbocycles. The zero-order valence-corrected chi connectivity index (χ0v) is 11.1. The van der Waals surface area contributed by atoms with Crippen LogP contribution in [0, 0.1) is 5.92 Å². The number of unbranched alkanes of at least 4 members (excludes halogenated alkanes) is 1. The van der Waals surface area contributed by atoms with E-state index in [9.17, 15) is 0 Å². The van der Waals surface area contributed by atoms with Crippen LogP contribution in [0.15, 0.2) is 4.99 Å². The highest BCUT2D eigenvalue weighted by molar-refractivity contribution is 5.79. The maximum absolute atomic E-state index is 5.58. The molecular formula is C12H26N4O. The molecule has 0 spiro atoms. The molecule has 0 bridgehead atoms. The van der Waals surface area contributed by atoms with Crippen molar-refractivity contribution in [3.63, 3.8) is 0 Å². The van der Waals surface area contributed by atoms with Gasteiger partial charge in [-0.15, -0.1) is 0 Å². The number of rotatable bonds is 8. The zero-order chi connectivity index (χ0) is 12.5. The minimum Gasteiger partial charge on any atom is -0.379 e. The maximum atomic E-state index is 5.58. The van der Waals surface area contributed by atoms with E-state index in [1.54, 1.807) is 0 Å². The molecule has 0 aromatic heterocycles. The third-order valence-corrected chi connectivity index (χ3v) is 2.89. The van der Waals surface area contributed by atoms with E-state index in [-0.39, 0.29) is 0 Å². The van der Waals surface area contributed by atoms with E-state index in [1.165, 1.54) is 12.8 Å². The summed E-state index contributed by atoms with van der Waals surface area (Å²) >= 11 is 0. The van der Waals surface area contributed by atoms with Gasteiger partial charge in [0.2, 0.25) is 5.96 Å². The molecule has 0 amide bonds. The van der Waals surface area contributed by atoms with E-state index in [0.717, 1.165) is 51.0 Å². The van der Waals surface area contributed by atoms with Crippen LogP contribution in [0.3, 0.4) is 0 Å². The fourth-order valence-corrected chi connectivity index (χ4v) is 1.46. The number of nitrogens with two attached hydrogens (primary N) is 1. The summed E-state index contributed by atoms with van der Waals surface area (Å²) in [5.41, 5.74) is 2.64. The lowest BCUT2D eigenvalue weighted by atomic mass is 10.3. The number of hydrogen-bond acceptors (Lipinski definition) is 3.